The van der Waals surface area contributed by atoms with Crippen molar-refractivity contribution in [2.24, 2.45) is 0 Å². The van der Waals surface area contributed by atoms with Crippen molar-refractivity contribution in [3.8, 4) is 0 Å². The van der Waals surface area contributed by atoms with Gasteiger partial charge in [0.2, 0.25) is 0 Å². The van der Waals surface area contributed by atoms with Gasteiger partial charge in [0.1, 0.15) is 4.90 Å². The van der Waals surface area contributed by atoms with Crippen LogP contribution in [0.2, 0.25) is 0 Å². The molecule has 0 fully saturated rings. The summed E-state index contributed by atoms with van der Waals surface area (Å²) in [5, 5.41) is 1.78. The number of hydrogen-bond donors (Lipinski definition) is 1. The molecule has 53 heavy (non-hydrogen) atoms. The summed E-state index contributed by atoms with van der Waals surface area (Å²) in [7, 11) is -4.36. The fourth-order valence-electron chi connectivity index (χ4n) is 8.63. The molecule has 0 spiro atoms. The predicted octanol–water partition coefficient (Wildman–Crippen LogP) is 16.6. The quantitative estimate of drug-likeness (QED) is 0.0552. The Balaban J connectivity index is 2.11. The topological polar surface area (TPSA) is 54.4 Å². The zero-order valence-electron chi connectivity index (χ0n) is 35.4. The predicted molar refractivity (Wildman–Crippen MR) is 234 cm³/mol. The Morgan fingerprint density at radius 3 is 0.943 bits per heavy atom. The van der Waals surface area contributed by atoms with Gasteiger partial charge >= 0.3 is 0 Å². The molecule has 0 bridgehead atoms. The molecule has 0 aliphatic heterocycles. The highest BCUT2D eigenvalue weighted by molar-refractivity contribution is 7.86. The van der Waals surface area contributed by atoms with E-state index in [1.165, 1.54) is 197 Å². The lowest BCUT2D eigenvalue weighted by atomic mass is 9.86. The molecule has 0 saturated heterocycles. The van der Waals surface area contributed by atoms with Gasteiger partial charge in [0.25, 0.3) is 10.1 Å². The second-order valence-electron chi connectivity index (χ2n) is 16.6. The minimum Gasteiger partial charge on any atom is -0.282 e. The average Bonchev–Trinajstić information content (AvgIpc) is 3.14. The van der Waals surface area contributed by atoms with Crippen LogP contribution in [0.3, 0.4) is 0 Å². The third-order valence-electron chi connectivity index (χ3n) is 11.8. The molecular formula is C49H86O3S. The SMILES string of the molecule is CCCCCCCCCCCCCc1c(CCCCCCCCCCCCC)c(S(=O)(=O)O)c2ccccc2c1CCCCCCCCCCCCC. The molecule has 1 N–H and O–H groups in total. The summed E-state index contributed by atoms with van der Waals surface area (Å²) in [6.45, 7) is 6.84. The van der Waals surface area contributed by atoms with E-state index in [1.54, 1.807) is 0 Å². The van der Waals surface area contributed by atoms with E-state index in [0.717, 1.165) is 61.3 Å². The van der Waals surface area contributed by atoms with Crippen LogP contribution in [-0.2, 0) is 29.4 Å². The second kappa shape index (κ2) is 31.8. The van der Waals surface area contributed by atoms with Gasteiger partial charge in [-0.3, -0.25) is 4.55 Å². The molecule has 0 radical (unpaired) electrons. The average molecular weight is 755 g/mol. The van der Waals surface area contributed by atoms with Crippen LogP contribution in [0.5, 0.6) is 0 Å². The van der Waals surface area contributed by atoms with E-state index in [2.05, 4.69) is 32.9 Å². The maximum atomic E-state index is 13.2. The molecule has 306 valence electrons. The van der Waals surface area contributed by atoms with Crippen LogP contribution in [0.25, 0.3) is 10.8 Å². The van der Waals surface area contributed by atoms with Crippen LogP contribution in [-0.4, -0.2) is 13.0 Å². The summed E-state index contributed by atoms with van der Waals surface area (Å²) < 4.78 is 37.2. The first-order chi connectivity index (χ1) is 26.0. The van der Waals surface area contributed by atoms with E-state index in [4.69, 9.17) is 0 Å². The molecular weight excluding hydrogens is 669 g/mol. The molecule has 0 aliphatic carbocycles. The molecule has 0 aromatic heterocycles. The van der Waals surface area contributed by atoms with Crippen LogP contribution in [0.1, 0.15) is 249 Å². The van der Waals surface area contributed by atoms with Gasteiger partial charge in [0, 0.05) is 5.39 Å². The summed E-state index contributed by atoms with van der Waals surface area (Å²) in [6, 6.07) is 8.06. The fourth-order valence-corrected chi connectivity index (χ4v) is 9.63. The number of rotatable bonds is 37. The van der Waals surface area contributed by atoms with Crippen molar-refractivity contribution < 1.29 is 13.0 Å². The molecule has 0 unspecified atom stereocenters. The molecule has 4 heteroatoms. The number of unbranched alkanes of at least 4 members (excludes halogenated alkanes) is 30. The molecule has 2 rings (SSSR count). The maximum Gasteiger partial charge on any atom is 0.295 e. The van der Waals surface area contributed by atoms with Gasteiger partial charge in [-0.25, -0.2) is 0 Å². The minimum atomic E-state index is -4.36. The molecule has 0 saturated carbocycles. The van der Waals surface area contributed by atoms with E-state index in [1.807, 2.05) is 12.1 Å². The molecule has 0 heterocycles. The molecule has 0 aliphatic rings. The van der Waals surface area contributed by atoms with E-state index in [9.17, 15) is 13.0 Å². The van der Waals surface area contributed by atoms with Crippen molar-refractivity contribution in [2.45, 2.75) is 257 Å². The Hall–Kier alpha value is -1.39. The molecule has 0 atom stereocenters. The third kappa shape index (κ3) is 21.5. The van der Waals surface area contributed by atoms with E-state index >= 15 is 0 Å². The molecule has 0 amide bonds. The highest BCUT2D eigenvalue weighted by atomic mass is 32.2. The Morgan fingerprint density at radius 2 is 0.623 bits per heavy atom. The number of hydrogen-bond acceptors (Lipinski definition) is 2. The Labute approximate surface area is 330 Å². The van der Waals surface area contributed by atoms with Gasteiger partial charge in [0.15, 0.2) is 0 Å². The van der Waals surface area contributed by atoms with Crippen molar-refractivity contribution in [3.63, 3.8) is 0 Å². The van der Waals surface area contributed by atoms with Gasteiger partial charge in [-0.2, -0.15) is 8.42 Å². The third-order valence-corrected chi connectivity index (χ3v) is 12.8. The highest BCUT2D eigenvalue weighted by Gasteiger charge is 2.25. The largest absolute Gasteiger partial charge is 0.295 e. The smallest absolute Gasteiger partial charge is 0.282 e. The van der Waals surface area contributed by atoms with Crippen molar-refractivity contribution in [3.05, 3.63) is 41.0 Å². The number of fused-ring (bicyclic) bond motifs is 1. The summed E-state index contributed by atoms with van der Waals surface area (Å²) >= 11 is 0. The van der Waals surface area contributed by atoms with Crippen molar-refractivity contribution >= 4 is 20.9 Å². The van der Waals surface area contributed by atoms with E-state index in [0.29, 0.717) is 0 Å². The Kier molecular flexibility index (Phi) is 28.6. The minimum absolute atomic E-state index is 0.209. The first-order valence-corrected chi connectivity index (χ1v) is 24.9. The van der Waals surface area contributed by atoms with Gasteiger partial charge in [-0.05, 0) is 60.6 Å². The van der Waals surface area contributed by atoms with Crippen LogP contribution in [0, 0.1) is 0 Å². The van der Waals surface area contributed by atoms with Crippen LogP contribution < -0.4 is 0 Å². The molecule has 2 aromatic rings. The Morgan fingerprint density at radius 1 is 0.358 bits per heavy atom. The monoisotopic (exact) mass is 755 g/mol. The summed E-state index contributed by atoms with van der Waals surface area (Å²) in [6.07, 6.45) is 45.6. The highest BCUT2D eigenvalue weighted by Crippen LogP contribution is 2.37. The first-order valence-electron chi connectivity index (χ1n) is 23.5. The summed E-state index contributed by atoms with van der Waals surface area (Å²) in [4.78, 5) is 0.209. The van der Waals surface area contributed by atoms with E-state index < -0.39 is 10.1 Å². The van der Waals surface area contributed by atoms with Crippen molar-refractivity contribution in [1.82, 2.24) is 0 Å². The zero-order chi connectivity index (χ0) is 38.2. The summed E-state index contributed by atoms with van der Waals surface area (Å²) in [5.74, 6) is 0. The van der Waals surface area contributed by atoms with Crippen molar-refractivity contribution in [1.29, 1.82) is 0 Å². The van der Waals surface area contributed by atoms with Gasteiger partial charge in [-0.1, -0.05) is 238 Å². The van der Waals surface area contributed by atoms with Crippen LogP contribution in [0.4, 0.5) is 0 Å². The maximum absolute atomic E-state index is 13.2. The lowest BCUT2D eigenvalue weighted by molar-refractivity contribution is 0.482. The summed E-state index contributed by atoms with van der Waals surface area (Å²) in [5.41, 5.74) is 3.56. The number of aryl methyl sites for hydroxylation is 1. The molecule has 2 aromatic carbocycles. The van der Waals surface area contributed by atoms with Gasteiger partial charge < -0.3 is 0 Å². The first kappa shape index (κ1) is 47.8. The van der Waals surface area contributed by atoms with Gasteiger partial charge in [0.05, 0.1) is 0 Å². The van der Waals surface area contributed by atoms with Crippen molar-refractivity contribution in [2.75, 3.05) is 0 Å². The normalized spacial score (nSPS) is 12.0. The lowest BCUT2D eigenvalue weighted by Gasteiger charge is -2.22. The van der Waals surface area contributed by atoms with Crippen LogP contribution >= 0.6 is 0 Å². The Bertz CT molecular complexity index is 1270. The zero-order valence-corrected chi connectivity index (χ0v) is 36.3. The van der Waals surface area contributed by atoms with Gasteiger partial charge in [-0.15, -0.1) is 0 Å². The van der Waals surface area contributed by atoms with Crippen LogP contribution in [0.15, 0.2) is 29.2 Å². The molecule has 3 nitrogen and oxygen atoms in total. The van der Waals surface area contributed by atoms with E-state index in [-0.39, 0.29) is 4.90 Å². The standard InChI is InChI=1S/C49H86O3S/c1-4-7-10-13-16-19-22-25-28-31-34-39-44-45(40-35-32-29-26-23-20-17-14-11-8-5-2)47(42-36-33-30-27-24-21-18-15-12-9-6-3)49(53(50,51)52)48-43-38-37-41-46(44)48/h37-38,41,43H,4-36,39-40,42H2,1-3H3,(H,50,51,52). The lowest BCUT2D eigenvalue weighted by Crippen LogP contribution is -2.12. The second-order valence-corrected chi connectivity index (χ2v) is 18.0. The fraction of sp³-hybridized carbons (Fsp3) is 0.796. The number of benzene rings is 2.